The standard InChI is InChI=1S/C8H17N.H2O/c1-2-9-8-6-4-3-5-7-8;/h8-9H,2-7H2,1H3;1H2. The molecule has 3 N–H and O–H groups in total. The molecule has 0 saturated heterocycles. The van der Waals surface area contributed by atoms with E-state index in [9.17, 15) is 0 Å². The molecule has 0 amide bonds. The summed E-state index contributed by atoms with van der Waals surface area (Å²) in [5, 5.41) is 2.49. The highest BCUT2D eigenvalue weighted by molar-refractivity contribution is 4.61. The number of hydrogen-bond acceptors (Lipinski definition) is 1. The van der Waals surface area contributed by atoms with Crippen molar-refractivity contribution in [2.45, 2.75) is 45.1 Å². The molecule has 1 rings (SSSR count). The molecule has 62 valence electrons. The molecule has 0 heterocycles. The molecule has 0 aromatic rings. The lowest BCUT2D eigenvalue weighted by molar-refractivity contribution is -0.689. The summed E-state index contributed by atoms with van der Waals surface area (Å²) in [6.45, 7) is 3.51. The highest BCUT2D eigenvalue weighted by Gasteiger charge is 2.13. The van der Waals surface area contributed by atoms with Crippen molar-refractivity contribution in [1.29, 1.82) is 0 Å². The summed E-state index contributed by atoms with van der Waals surface area (Å²) in [6.07, 6.45) is 7.36. The van der Waals surface area contributed by atoms with Crippen LogP contribution in [0.4, 0.5) is 0 Å². The van der Waals surface area contributed by atoms with E-state index < -0.39 is 0 Å². The maximum Gasteiger partial charge on any atom is 0.0859 e. The van der Waals surface area contributed by atoms with Gasteiger partial charge in [0.05, 0.1) is 12.6 Å². The van der Waals surface area contributed by atoms with Crippen molar-refractivity contribution in [3.8, 4) is 0 Å². The first-order valence-electron chi connectivity index (χ1n) is 4.27. The topological polar surface area (TPSA) is 46.6 Å². The lowest BCUT2D eigenvalue weighted by Crippen LogP contribution is -2.89. The van der Waals surface area contributed by atoms with Gasteiger partial charge >= 0.3 is 0 Å². The molecule has 1 aliphatic rings. The van der Waals surface area contributed by atoms with Gasteiger partial charge in [-0.3, -0.25) is 0 Å². The van der Waals surface area contributed by atoms with Crippen LogP contribution in [-0.2, 0) is 0 Å². The Balaban J connectivity index is 0.000000810. The smallest absolute Gasteiger partial charge is 0.0859 e. The fourth-order valence-electron chi connectivity index (χ4n) is 1.70. The van der Waals surface area contributed by atoms with E-state index in [2.05, 4.69) is 12.2 Å². The summed E-state index contributed by atoms with van der Waals surface area (Å²) in [7, 11) is 0. The zero-order valence-corrected chi connectivity index (χ0v) is 6.84. The predicted molar refractivity (Wildman–Crippen MR) is 41.3 cm³/mol. The molecular formula is C8H19NO. The minimum Gasteiger partial charge on any atom is -0.870 e. The average molecular weight is 145 g/mol. The molecule has 0 atom stereocenters. The molecule has 0 spiro atoms. The van der Waals surface area contributed by atoms with Gasteiger partial charge in [-0.05, 0) is 32.6 Å². The molecule has 1 fully saturated rings. The predicted octanol–water partition coefficient (Wildman–Crippen LogP) is 0.726. The van der Waals surface area contributed by atoms with Crippen molar-refractivity contribution in [3.05, 3.63) is 0 Å². The van der Waals surface area contributed by atoms with Crippen molar-refractivity contribution in [2.24, 2.45) is 0 Å². The quantitative estimate of drug-likeness (QED) is 0.611. The van der Waals surface area contributed by atoms with Gasteiger partial charge in [-0.1, -0.05) is 6.42 Å². The molecule has 2 heteroatoms. The average Bonchev–Trinajstić information content (AvgIpc) is 1.91. The maximum absolute atomic E-state index is 2.49. The van der Waals surface area contributed by atoms with Gasteiger partial charge in [0, 0.05) is 0 Å². The molecule has 1 saturated carbocycles. The van der Waals surface area contributed by atoms with Gasteiger partial charge in [-0.2, -0.15) is 0 Å². The highest BCUT2D eigenvalue weighted by atomic mass is 16.0. The summed E-state index contributed by atoms with van der Waals surface area (Å²) in [6, 6.07) is 0.976. The number of quaternary nitrogens is 1. The van der Waals surface area contributed by atoms with Crippen LogP contribution < -0.4 is 5.32 Å². The van der Waals surface area contributed by atoms with Crippen LogP contribution in [0, 0.1) is 0 Å². The van der Waals surface area contributed by atoms with E-state index in [-0.39, 0.29) is 5.48 Å². The van der Waals surface area contributed by atoms with E-state index >= 15 is 0 Å². The third-order valence-electron chi connectivity index (χ3n) is 2.22. The van der Waals surface area contributed by atoms with Gasteiger partial charge in [-0.15, -0.1) is 0 Å². The van der Waals surface area contributed by atoms with Crippen LogP contribution in [0.3, 0.4) is 0 Å². The van der Waals surface area contributed by atoms with Crippen molar-refractivity contribution in [2.75, 3.05) is 6.54 Å². The molecule has 0 bridgehead atoms. The fraction of sp³-hybridized carbons (Fsp3) is 1.00. The summed E-state index contributed by atoms with van der Waals surface area (Å²) < 4.78 is 0. The van der Waals surface area contributed by atoms with Crippen molar-refractivity contribution in [1.82, 2.24) is 0 Å². The first kappa shape index (κ1) is 9.92. The Bertz CT molecular complexity index is 66.9. The van der Waals surface area contributed by atoms with E-state index in [1.807, 2.05) is 0 Å². The van der Waals surface area contributed by atoms with E-state index in [0.29, 0.717) is 0 Å². The maximum atomic E-state index is 2.49. The Kier molecular flexibility index (Phi) is 5.64. The van der Waals surface area contributed by atoms with E-state index in [4.69, 9.17) is 0 Å². The summed E-state index contributed by atoms with van der Waals surface area (Å²) >= 11 is 0. The number of nitrogens with two attached hydrogens (primary N) is 1. The summed E-state index contributed by atoms with van der Waals surface area (Å²) in [4.78, 5) is 0. The second-order valence-corrected chi connectivity index (χ2v) is 3.04. The summed E-state index contributed by atoms with van der Waals surface area (Å²) in [5.74, 6) is 0. The Morgan fingerprint density at radius 2 is 1.80 bits per heavy atom. The molecular weight excluding hydrogens is 126 g/mol. The Morgan fingerprint density at radius 1 is 1.20 bits per heavy atom. The van der Waals surface area contributed by atoms with E-state index in [0.717, 1.165) is 6.04 Å². The minimum absolute atomic E-state index is 0. The second kappa shape index (κ2) is 5.69. The Morgan fingerprint density at radius 3 is 2.30 bits per heavy atom. The number of hydrogen-bond donors (Lipinski definition) is 1. The van der Waals surface area contributed by atoms with Gasteiger partial charge in [-0.25, -0.2) is 0 Å². The molecule has 0 unspecified atom stereocenters. The lowest BCUT2D eigenvalue weighted by atomic mass is 9.96. The van der Waals surface area contributed by atoms with Crippen LogP contribution in [0.15, 0.2) is 0 Å². The monoisotopic (exact) mass is 145 g/mol. The lowest BCUT2D eigenvalue weighted by Gasteiger charge is -2.18. The third-order valence-corrected chi connectivity index (χ3v) is 2.22. The molecule has 10 heavy (non-hydrogen) atoms. The zero-order valence-electron chi connectivity index (χ0n) is 6.84. The van der Waals surface area contributed by atoms with Crippen LogP contribution in [0.1, 0.15) is 39.0 Å². The SMILES string of the molecule is CC[NH2+]C1CCCCC1.[OH-]. The fourth-order valence-corrected chi connectivity index (χ4v) is 1.70. The van der Waals surface area contributed by atoms with Crippen LogP contribution in [0.25, 0.3) is 0 Å². The molecule has 2 nitrogen and oxygen atoms in total. The van der Waals surface area contributed by atoms with Gasteiger partial charge in [0.15, 0.2) is 0 Å². The van der Waals surface area contributed by atoms with Crippen molar-refractivity contribution >= 4 is 0 Å². The van der Waals surface area contributed by atoms with Crippen LogP contribution in [-0.4, -0.2) is 18.1 Å². The van der Waals surface area contributed by atoms with E-state index in [1.165, 1.54) is 38.6 Å². The first-order valence-corrected chi connectivity index (χ1v) is 4.27. The third kappa shape index (κ3) is 3.18. The Hall–Kier alpha value is -0.0800. The first-order chi connectivity index (χ1) is 4.43. The van der Waals surface area contributed by atoms with Gasteiger partial charge in [0.1, 0.15) is 0 Å². The molecule has 1 aliphatic carbocycles. The van der Waals surface area contributed by atoms with Crippen LogP contribution in [0.5, 0.6) is 0 Å². The van der Waals surface area contributed by atoms with Crippen LogP contribution >= 0.6 is 0 Å². The molecule has 0 aromatic heterocycles. The molecule has 0 aromatic carbocycles. The second-order valence-electron chi connectivity index (χ2n) is 3.04. The zero-order chi connectivity index (χ0) is 6.53. The normalized spacial score (nSPS) is 20.1. The largest absolute Gasteiger partial charge is 0.870 e. The van der Waals surface area contributed by atoms with E-state index in [1.54, 1.807) is 0 Å². The van der Waals surface area contributed by atoms with Crippen molar-refractivity contribution in [3.63, 3.8) is 0 Å². The molecule has 0 radical (unpaired) electrons. The Labute approximate surface area is 63.3 Å². The van der Waals surface area contributed by atoms with Gasteiger partial charge in [0.2, 0.25) is 0 Å². The highest BCUT2D eigenvalue weighted by Crippen LogP contribution is 2.14. The van der Waals surface area contributed by atoms with Crippen LogP contribution in [0.2, 0.25) is 0 Å². The van der Waals surface area contributed by atoms with Crippen molar-refractivity contribution < 1.29 is 10.8 Å². The number of rotatable bonds is 2. The summed E-state index contributed by atoms with van der Waals surface area (Å²) in [5.41, 5.74) is 0. The van der Waals surface area contributed by atoms with Gasteiger partial charge < -0.3 is 10.8 Å². The minimum atomic E-state index is 0. The molecule has 0 aliphatic heterocycles. The van der Waals surface area contributed by atoms with Gasteiger partial charge in [0.25, 0.3) is 0 Å².